The second-order valence-corrected chi connectivity index (χ2v) is 50.1. The predicted octanol–water partition coefficient (Wildman–Crippen LogP) is 7.19. The minimum atomic E-state index is -2.31. The van der Waals surface area contributed by atoms with Gasteiger partial charge in [0.15, 0.2) is 0 Å². The summed E-state index contributed by atoms with van der Waals surface area (Å²) in [6.45, 7) is 31.0. The molecule has 0 radical (unpaired) electrons. The van der Waals surface area contributed by atoms with Crippen molar-refractivity contribution >= 4 is 53.8 Å². The van der Waals surface area contributed by atoms with E-state index in [0.717, 1.165) is 0 Å². The first-order valence-corrected chi connectivity index (χ1v) is 32.0. The third-order valence-electron chi connectivity index (χ3n) is 6.32. The van der Waals surface area contributed by atoms with E-state index in [2.05, 4.69) is 86.6 Å². The quantitative estimate of drug-likeness (QED) is 0.187. The Kier molecular flexibility index (Phi) is 10.7. The molecule has 0 saturated carbocycles. The number of hydrogen-bond acceptors (Lipinski definition) is 2. The maximum atomic E-state index is 3.31. The van der Waals surface area contributed by atoms with E-state index in [-0.39, 0.29) is 0 Å². The standard InChI is InChI=1S/C6H18N2Si2.6C2H5.2Sn/c1-9(2,3)7-8-10(4,5)6;6*1-2;;/h1-6H3;6*1H2,2H3;;/q-2;;;;;;;2*+1. The summed E-state index contributed by atoms with van der Waals surface area (Å²) in [5, 5.41) is 0. The van der Waals surface area contributed by atoms with Gasteiger partial charge in [-0.15, -0.1) is 0 Å². The first kappa shape index (κ1) is 26.0. The van der Waals surface area contributed by atoms with Crippen LogP contribution in [0.3, 0.4) is 0 Å². The van der Waals surface area contributed by atoms with Crippen molar-refractivity contribution in [3.05, 3.63) is 0 Å². The van der Waals surface area contributed by atoms with Crippen molar-refractivity contribution in [1.29, 1.82) is 0 Å². The fourth-order valence-corrected chi connectivity index (χ4v) is 73.6. The molecule has 0 amide bonds. The number of hydrogen-bond donors (Lipinski definition) is 0. The summed E-state index contributed by atoms with van der Waals surface area (Å²) in [4.78, 5) is 0. The molecule has 2 nitrogen and oxygen atoms in total. The predicted molar refractivity (Wildman–Crippen MR) is 125 cm³/mol. The fourth-order valence-electron chi connectivity index (χ4n) is 4.85. The average molecular weight is 586 g/mol. The van der Waals surface area contributed by atoms with E-state index < -0.39 is 53.8 Å². The van der Waals surface area contributed by atoms with E-state index in [1.54, 1.807) is 0 Å². The second kappa shape index (κ2) is 9.94. The molecule has 0 aromatic carbocycles. The molecule has 0 aliphatic rings. The average Bonchev–Trinajstić information content (AvgIpc) is 2.50. The molecule has 0 bridgehead atoms. The van der Waals surface area contributed by atoms with E-state index in [1.165, 1.54) is 26.6 Å². The normalized spacial score (nSPS) is 14.8. The van der Waals surface area contributed by atoms with Gasteiger partial charge in [-0.05, 0) is 0 Å². The Labute approximate surface area is 165 Å². The Balaban J connectivity index is 6.66. The van der Waals surface area contributed by atoms with E-state index >= 15 is 0 Å². The van der Waals surface area contributed by atoms with Gasteiger partial charge in [0.05, 0.1) is 0 Å². The van der Waals surface area contributed by atoms with Gasteiger partial charge in [-0.3, -0.25) is 0 Å². The van der Waals surface area contributed by atoms with Crippen LogP contribution in [0.1, 0.15) is 41.5 Å². The van der Waals surface area contributed by atoms with Crippen LogP contribution in [0, 0.1) is 0 Å². The molecule has 0 aromatic rings. The summed E-state index contributed by atoms with van der Waals surface area (Å²) < 4.78 is 15.6. The molecule has 0 aliphatic heterocycles. The van der Waals surface area contributed by atoms with Crippen LogP contribution >= 0.6 is 0 Å². The molecule has 0 N–H and O–H groups in total. The Hall–Kier alpha value is 1.95. The third-order valence-corrected chi connectivity index (χ3v) is 58.9. The maximum absolute atomic E-state index is 3.31. The molecule has 6 heteroatoms. The number of nitrogens with zero attached hydrogens (tertiary/aromatic N) is 2. The molecule has 0 spiro atoms. The van der Waals surface area contributed by atoms with Crippen LogP contribution in [-0.4, -0.2) is 59.6 Å². The van der Waals surface area contributed by atoms with E-state index in [1.807, 2.05) is 0 Å². The first-order valence-electron chi connectivity index (χ1n) is 10.5. The van der Waals surface area contributed by atoms with Crippen LogP contribution in [-0.2, 0) is 0 Å². The van der Waals surface area contributed by atoms with Crippen LogP contribution in [0.25, 0.3) is 0 Å². The van der Waals surface area contributed by atoms with Gasteiger partial charge in [-0.1, -0.05) is 0 Å². The van der Waals surface area contributed by atoms with Gasteiger partial charge in [0.1, 0.15) is 0 Å². The molecule has 24 heavy (non-hydrogen) atoms. The van der Waals surface area contributed by atoms with Crippen molar-refractivity contribution in [1.82, 2.24) is 5.79 Å². The Morgan fingerprint density at radius 3 is 0.708 bits per heavy atom. The Morgan fingerprint density at radius 2 is 0.625 bits per heavy atom. The van der Waals surface area contributed by atoms with Crippen molar-refractivity contribution in [2.45, 2.75) is 107 Å². The van der Waals surface area contributed by atoms with E-state index in [0.29, 0.717) is 0 Å². The molecule has 0 rings (SSSR count). The second-order valence-electron chi connectivity index (χ2n) is 9.54. The van der Waals surface area contributed by atoms with Gasteiger partial charge in [0, 0.05) is 0 Å². The van der Waals surface area contributed by atoms with Gasteiger partial charge in [-0.2, -0.15) is 0 Å². The first-order chi connectivity index (χ1) is 10.9. The zero-order valence-electron chi connectivity index (χ0n) is 19.1. The monoisotopic (exact) mass is 588 g/mol. The third kappa shape index (κ3) is 5.49. The fraction of sp³-hybridized carbons (Fsp3) is 1.00. The van der Waals surface area contributed by atoms with Crippen LogP contribution in [0.5, 0.6) is 0 Å². The molecular weight excluding hydrogens is 538 g/mol. The van der Waals surface area contributed by atoms with Crippen LogP contribution < -0.4 is 0 Å². The molecule has 146 valence electrons. The van der Waals surface area contributed by atoms with E-state index in [4.69, 9.17) is 0 Å². The molecule has 0 fully saturated rings. The zero-order valence-corrected chi connectivity index (χ0v) is 26.8. The van der Waals surface area contributed by atoms with E-state index in [9.17, 15) is 0 Å². The summed E-state index contributed by atoms with van der Waals surface area (Å²) >= 11 is -4.63. The topological polar surface area (TPSA) is 6.48 Å². The van der Waals surface area contributed by atoms with Crippen molar-refractivity contribution in [2.75, 3.05) is 0 Å². The van der Waals surface area contributed by atoms with Crippen molar-refractivity contribution in [3.63, 3.8) is 0 Å². The number of rotatable bonds is 11. The Morgan fingerprint density at radius 1 is 0.458 bits per heavy atom. The van der Waals surface area contributed by atoms with Gasteiger partial charge in [0.25, 0.3) is 0 Å². The summed E-state index contributed by atoms with van der Waals surface area (Å²) in [7, 11) is -2.75. The minimum absolute atomic E-state index is 1.38. The summed E-state index contributed by atoms with van der Waals surface area (Å²) in [6, 6.07) is 0. The van der Waals surface area contributed by atoms with Crippen LogP contribution in [0.4, 0.5) is 0 Å². The van der Waals surface area contributed by atoms with Crippen molar-refractivity contribution in [3.8, 4) is 0 Å². The molecule has 0 atom stereocenters. The summed E-state index contributed by atoms with van der Waals surface area (Å²) in [5.74, 6) is 0. The van der Waals surface area contributed by atoms with Crippen molar-refractivity contribution < 1.29 is 0 Å². The van der Waals surface area contributed by atoms with Crippen LogP contribution in [0.2, 0.25) is 65.9 Å². The van der Waals surface area contributed by atoms with Crippen LogP contribution in [0.15, 0.2) is 0 Å². The molecule has 0 heterocycles. The summed E-state index contributed by atoms with van der Waals surface area (Å²) in [5.41, 5.74) is 0. The van der Waals surface area contributed by atoms with Gasteiger partial charge >= 0.3 is 167 Å². The SMILES string of the molecule is C[CH2][Sn]([CH2]C)([CH2]C)[N]([N]([Si](C)(C)C)[Sn]([CH2]C)([CH2]C)[CH2]C)[Si](C)(C)C. The summed E-state index contributed by atoms with van der Waals surface area (Å²) in [6.07, 6.45) is 0. The zero-order chi connectivity index (χ0) is 19.4. The molecule has 0 aromatic heterocycles. The number of hydrazine groups is 1. The molecule has 0 aliphatic carbocycles. The van der Waals surface area contributed by atoms with Gasteiger partial charge in [0.2, 0.25) is 0 Å². The molecule has 0 unspecified atom stereocenters. The van der Waals surface area contributed by atoms with Gasteiger partial charge in [-0.25, -0.2) is 0 Å². The molecule has 0 saturated heterocycles. The van der Waals surface area contributed by atoms with Gasteiger partial charge < -0.3 is 0 Å². The molecular formula is C18H48N2Si2Sn2. The Bertz CT molecular complexity index is 318. The van der Waals surface area contributed by atoms with Crippen molar-refractivity contribution in [2.24, 2.45) is 0 Å².